The Kier molecular flexibility index (Phi) is 5.44. The molecule has 1 aliphatic heterocycles. The van der Waals surface area contributed by atoms with E-state index in [1.165, 1.54) is 0 Å². The molecule has 3 aromatic rings. The lowest BCUT2D eigenvalue weighted by molar-refractivity contribution is 0.0999. The molecule has 172 valence electrons. The SMILES string of the molecule is Cc1ccc(C(N)=O)c(C2CC2)c1-n1cnc2ccc(N3CCN(C(C)C)CC3)cc2c1=O. The molecule has 0 spiro atoms. The number of carbonyl (C=O) groups excluding carboxylic acids is 1. The minimum absolute atomic E-state index is 0.116. The molecule has 1 aliphatic carbocycles. The monoisotopic (exact) mass is 445 g/mol. The number of aromatic nitrogens is 2. The van der Waals surface area contributed by atoms with Gasteiger partial charge >= 0.3 is 0 Å². The number of nitrogens with zero attached hydrogens (tertiary/aromatic N) is 4. The van der Waals surface area contributed by atoms with E-state index >= 15 is 0 Å². The maximum atomic E-state index is 13.7. The number of aryl methyl sites for hydroxylation is 1. The number of primary amides is 1. The Morgan fingerprint density at radius 2 is 1.82 bits per heavy atom. The Hall–Kier alpha value is -3.19. The van der Waals surface area contributed by atoms with E-state index in [0.717, 1.165) is 61.5 Å². The van der Waals surface area contributed by atoms with Crippen molar-refractivity contribution in [2.24, 2.45) is 5.73 Å². The lowest BCUT2D eigenvalue weighted by Crippen LogP contribution is -2.48. The molecular weight excluding hydrogens is 414 g/mol. The van der Waals surface area contributed by atoms with Crippen molar-refractivity contribution in [2.45, 2.75) is 45.6 Å². The van der Waals surface area contributed by atoms with E-state index in [0.29, 0.717) is 22.5 Å². The second-order valence-corrected chi connectivity index (χ2v) is 9.57. The van der Waals surface area contributed by atoms with Gasteiger partial charge in [0.2, 0.25) is 5.91 Å². The van der Waals surface area contributed by atoms with E-state index in [9.17, 15) is 9.59 Å². The first-order valence-corrected chi connectivity index (χ1v) is 11.8. The lowest BCUT2D eigenvalue weighted by Gasteiger charge is -2.38. The molecule has 0 unspecified atom stereocenters. The molecule has 1 saturated heterocycles. The lowest BCUT2D eigenvalue weighted by atomic mass is 9.96. The van der Waals surface area contributed by atoms with Crippen LogP contribution in [0.3, 0.4) is 0 Å². The molecule has 2 heterocycles. The van der Waals surface area contributed by atoms with Gasteiger partial charge in [0.15, 0.2) is 0 Å². The molecule has 2 fully saturated rings. The quantitative estimate of drug-likeness (QED) is 0.652. The van der Waals surface area contributed by atoms with Crippen LogP contribution < -0.4 is 16.2 Å². The molecule has 1 saturated carbocycles. The number of amides is 1. The topological polar surface area (TPSA) is 84.5 Å². The molecule has 2 aliphatic rings. The van der Waals surface area contributed by atoms with Crippen LogP contribution >= 0.6 is 0 Å². The minimum atomic E-state index is -0.456. The Morgan fingerprint density at radius 3 is 2.45 bits per heavy atom. The van der Waals surface area contributed by atoms with Crippen molar-refractivity contribution < 1.29 is 4.79 Å². The molecule has 7 heteroatoms. The Bertz CT molecular complexity index is 1280. The summed E-state index contributed by atoms with van der Waals surface area (Å²) >= 11 is 0. The van der Waals surface area contributed by atoms with Crippen LogP contribution in [0, 0.1) is 6.92 Å². The van der Waals surface area contributed by atoms with Crippen LogP contribution in [0.15, 0.2) is 41.5 Å². The molecule has 2 aromatic carbocycles. The van der Waals surface area contributed by atoms with Crippen LogP contribution in [0.4, 0.5) is 5.69 Å². The number of carbonyl (C=O) groups is 1. The van der Waals surface area contributed by atoms with Gasteiger partial charge in [-0.15, -0.1) is 0 Å². The predicted molar refractivity (Wildman–Crippen MR) is 131 cm³/mol. The normalized spacial score (nSPS) is 17.2. The number of nitrogens with two attached hydrogens (primary N) is 1. The summed E-state index contributed by atoms with van der Waals surface area (Å²) in [5.41, 5.74) is 10.4. The maximum Gasteiger partial charge on any atom is 0.265 e. The van der Waals surface area contributed by atoms with Gasteiger partial charge in [-0.1, -0.05) is 6.07 Å². The molecule has 33 heavy (non-hydrogen) atoms. The third-order valence-electron chi connectivity index (χ3n) is 7.06. The van der Waals surface area contributed by atoms with Crippen LogP contribution in [0.25, 0.3) is 16.6 Å². The summed E-state index contributed by atoms with van der Waals surface area (Å²) in [6.45, 7) is 10.3. The first kappa shape index (κ1) is 21.6. The number of hydrogen-bond donors (Lipinski definition) is 1. The Morgan fingerprint density at radius 1 is 1.09 bits per heavy atom. The molecule has 1 aromatic heterocycles. The van der Waals surface area contributed by atoms with E-state index in [1.54, 1.807) is 17.0 Å². The summed E-state index contributed by atoms with van der Waals surface area (Å²) in [6, 6.07) is 10.1. The maximum absolute atomic E-state index is 13.7. The number of anilines is 1. The minimum Gasteiger partial charge on any atom is -0.369 e. The molecule has 1 amide bonds. The molecule has 0 bridgehead atoms. The van der Waals surface area contributed by atoms with Crippen molar-refractivity contribution in [3.8, 4) is 5.69 Å². The molecular formula is C26H31N5O2. The fraction of sp³-hybridized carbons (Fsp3) is 0.423. The largest absolute Gasteiger partial charge is 0.369 e. The second-order valence-electron chi connectivity index (χ2n) is 9.57. The number of benzene rings is 2. The highest BCUT2D eigenvalue weighted by Crippen LogP contribution is 2.45. The average Bonchev–Trinajstić information content (AvgIpc) is 3.64. The van der Waals surface area contributed by atoms with Gasteiger partial charge in [0.05, 0.1) is 16.6 Å². The van der Waals surface area contributed by atoms with Crippen molar-refractivity contribution in [1.82, 2.24) is 14.5 Å². The fourth-order valence-electron chi connectivity index (χ4n) is 5.00. The summed E-state index contributed by atoms with van der Waals surface area (Å²) in [5, 5.41) is 0.590. The first-order valence-electron chi connectivity index (χ1n) is 11.8. The number of fused-ring (bicyclic) bond motifs is 1. The van der Waals surface area contributed by atoms with Gasteiger partial charge in [0.25, 0.3) is 5.56 Å². The van der Waals surface area contributed by atoms with Gasteiger partial charge in [0.1, 0.15) is 6.33 Å². The van der Waals surface area contributed by atoms with Crippen LogP contribution in [0.2, 0.25) is 0 Å². The molecule has 0 atom stereocenters. The predicted octanol–water partition coefficient (Wildman–Crippen LogP) is 3.20. The van der Waals surface area contributed by atoms with E-state index in [-0.39, 0.29) is 11.5 Å². The summed E-state index contributed by atoms with van der Waals surface area (Å²) in [5.74, 6) is -0.198. The smallest absolute Gasteiger partial charge is 0.265 e. The van der Waals surface area contributed by atoms with Gasteiger partial charge in [-0.25, -0.2) is 4.98 Å². The average molecular weight is 446 g/mol. The van der Waals surface area contributed by atoms with Gasteiger partial charge in [-0.2, -0.15) is 0 Å². The molecule has 7 nitrogen and oxygen atoms in total. The molecule has 2 N–H and O–H groups in total. The third kappa shape index (κ3) is 3.91. The van der Waals surface area contributed by atoms with E-state index in [4.69, 9.17) is 5.73 Å². The van der Waals surface area contributed by atoms with Gasteiger partial charge in [-0.3, -0.25) is 19.1 Å². The van der Waals surface area contributed by atoms with Crippen molar-refractivity contribution in [3.05, 3.63) is 63.7 Å². The van der Waals surface area contributed by atoms with Crippen LogP contribution in [-0.4, -0.2) is 52.6 Å². The number of piperazine rings is 1. The molecule has 5 rings (SSSR count). The highest BCUT2D eigenvalue weighted by atomic mass is 16.1. The zero-order valence-corrected chi connectivity index (χ0v) is 19.5. The highest BCUT2D eigenvalue weighted by Gasteiger charge is 2.32. The van der Waals surface area contributed by atoms with Crippen LogP contribution in [-0.2, 0) is 0 Å². The van der Waals surface area contributed by atoms with Gasteiger partial charge in [-0.05, 0) is 74.9 Å². The number of hydrogen-bond acceptors (Lipinski definition) is 5. The second kappa shape index (κ2) is 8.30. The Balaban J connectivity index is 1.59. The van der Waals surface area contributed by atoms with Crippen molar-refractivity contribution in [3.63, 3.8) is 0 Å². The van der Waals surface area contributed by atoms with E-state index in [2.05, 4.69) is 34.7 Å². The van der Waals surface area contributed by atoms with Gasteiger partial charge < -0.3 is 10.6 Å². The third-order valence-corrected chi connectivity index (χ3v) is 7.06. The van der Waals surface area contributed by atoms with E-state index in [1.807, 2.05) is 25.1 Å². The Labute approximate surface area is 193 Å². The summed E-state index contributed by atoms with van der Waals surface area (Å²) in [6.07, 6.45) is 3.59. The van der Waals surface area contributed by atoms with Crippen LogP contribution in [0.1, 0.15) is 54.1 Å². The zero-order valence-electron chi connectivity index (χ0n) is 19.5. The van der Waals surface area contributed by atoms with Crippen LogP contribution in [0.5, 0.6) is 0 Å². The van der Waals surface area contributed by atoms with Crippen molar-refractivity contribution in [1.29, 1.82) is 0 Å². The molecule has 0 radical (unpaired) electrons. The summed E-state index contributed by atoms with van der Waals surface area (Å²) in [7, 11) is 0. The summed E-state index contributed by atoms with van der Waals surface area (Å²) in [4.78, 5) is 35.3. The van der Waals surface area contributed by atoms with Gasteiger partial charge in [0, 0.05) is 43.5 Å². The van der Waals surface area contributed by atoms with Crippen molar-refractivity contribution in [2.75, 3.05) is 31.1 Å². The number of rotatable bonds is 5. The standard InChI is InChI=1S/C26H31N5O2/c1-16(2)29-10-12-30(13-11-29)19-7-9-22-21(14-19)26(33)31(15-28-22)24-17(3)4-8-20(25(27)32)23(24)18-5-6-18/h4,7-9,14-16,18H,5-6,10-13H2,1-3H3,(H2,27,32). The van der Waals surface area contributed by atoms with Crippen molar-refractivity contribution >= 4 is 22.5 Å². The fourth-order valence-corrected chi connectivity index (χ4v) is 5.00. The summed E-state index contributed by atoms with van der Waals surface area (Å²) < 4.78 is 1.61. The zero-order chi connectivity index (χ0) is 23.3. The highest BCUT2D eigenvalue weighted by molar-refractivity contribution is 5.96. The van der Waals surface area contributed by atoms with E-state index < -0.39 is 5.91 Å². The first-order chi connectivity index (χ1) is 15.8.